The molecular weight excluding hydrogens is 340 g/mol. The molecule has 2 aliphatic heterocycles. The molecule has 0 saturated carbocycles. The van der Waals surface area contributed by atoms with Crippen LogP contribution in [0.25, 0.3) is 0 Å². The van der Waals surface area contributed by atoms with Crippen LogP contribution in [0.4, 0.5) is 0 Å². The van der Waals surface area contributed by atoms with Crippen LogP contribution in [0.3, 0.4) is 0 Å². The summed E-state index contributed by atoms with van der Waals surface area (Å²) in [7, 11) is 0. The van der Waals surface area contributed by atoms with Crippen molar-refractivity contribution in [1.82, 2.24) is 10.2 Å². The van der Waals surface area contributed by atoms with Crippen LogP contribution in [-0.4, -0.2) is 55.8 Å². The Morgan fingerprint density at radius 3 is 2.68 bits per heavy atom. The summed E-state index contributed by atoms with van der Waals surface area (Å²) in [5, 5.41) is 3.34. The zero-order chi connectivity index (χ0) is 16.9. The van der Waals surface area contributed by atoms with Crippen LogP contribution < -0.4 is 10.1 Å². The lowest BCUT2D eigenvalue weighted by Crippen LogP contribution is -2.47. The molecule has 6 heteroatoms. The van der Waals surface area contributed by atoms with E-state index in [1.165, 1.54) is 11.1 Å². The number of morpholine rings is 1. The van der Waals surface area contributed by atoms with Gasteiger partial charge < -0.3 is 19.7 Å². The van der Waals surface area contributed by atoms with E-state index in [0.29, 0.717) is 13.0 Å². The molecular formula is C19H29ClN2O3. The predicted molar refractivity (Wildman–Crippen MR) is 101 cm³/mol. The summed E-state index contributed by atoms with van der Waals surface area (Å²) in [6.45, 7) is 7.99. The zero-order valence-corrected chi connectivity index (χ0v) is 15.9. The van der Waals surface area contributed by atoms with Gasteiger partial charge >= 0.3 is 0 Å². The van der Waals surface area contributed by atoms with Crippen LogP contribution in [0, 0.1) is 13.8 Å². The van der Waals surface area contributed by atoms with Crippen LogP contribution in [0.5, 0.6) is 5.75 Å². The minimum atomic E-state index is 0. The van der Waals surface area contributed by atoms with Gasteiger partial charge in [-0.3, -0.25) is 4.79 Å². The van der Waals surface area contributed by atoms with Crippen molar-refractivity contribution in [2.45, 2.75) is 45.3 Å². The average Bonchev–Trinajstić information content (AvgIpc) is 2.60. The molecule has 0 aliphatic carbocycles. The van der Waals surface area contributed by atoms with Crippen molar-refractivity contribution in [2.24, 2.45) is 0 Å². The van der Waals surface area contributed by atoms with Gasteiger partial charge in [-0.25, -0.2) is 0 Å². The lowest BCUT2D eigenvalue weighted by molar-refractivity contribution is -0.134. The highest BCUT2D eigenvalue weighted by atomic mass is 35.5. The fourth-order valence-corrected chi connectivity index (χ4v) is 3.29. The molecule has 1 aromatic rings. The number of nitrogens with one attached hydrogen (secondary N) is 1. The smallest absolute Gasteiger partial charge is 0.224 e. The minimum absolute atomic E-state index is 0. The number of carbonyl (C=O) groups excluding carboxylic acids is 1. The number of hydrogen-bond donors (Lipinski definition) is 1. The second-order valence-electron chi connectivity index (χ2n) is 6.87. The minimum Gasteiger partial charge on any atom is -0.490 e. The molecule has 5 nitrogen and oxygen atoms in total. The van der Waals surface area contributed by atoms with Gasteiger partial charge in [0.2, 0.25) is 5.91 Å². The Morgan fingerprint density at radius 2 is 2.04 bits per heavy atom. The molecule has 0 radical (unpaired) electrons. The molecule has 2 aliphatic rings. The summed E-state index contributed by atoms with van der Waals surface area (Å²) in [6, 6.07) is 6.40. The Hall–Kier alpha value is -1.30. The predicted octanol–water partition coefficient (Wildman–Crippen LogP) is 2.47. The van der Waals surface area contributed by atoms with E-state index in [9.17, 15) is 4.79 Å². The second-order valence-corrected chi connectivity index (χ2v) is 6.87. The molecule has 140 valence electrons. The van der Waals surface area contributed by atoms with Gasteiger partial charge in [-0.15, -0.1) is 12.4 Å². The standard InChI is InChI=1S/C19H28N2O3.ClH/c1-14-3-4-18(11-15(14)2)24-17-5-8-21(9-6-17)19(22)12-16-13-23-10-7-20-16;/h3-4,11,16-17,20H,5-10,12-13H2,1-2H3;1H. The highest BCUT2D eigenvalue weighted by Gasteiger charge is 2.26. The van der Waals surface area contributed by atoms with Crippen molar-refractivity contribution in [2.75, 3.05) is 32.8 Å². The Kier molecular flexibility index (Phi) is 7.54. The van der Waals surface area contributed by atoms with Gasteiger partial charge in [0.05, 0.1) is 13.2 Å². The van der Waals surface area contributed by atoms with Gasteiger partial charge in [-0.2, -0.15) is 0 Å². The number of benzene rings is 1. The molecule has 2 saturated heterocycles. The fraction of sp³-hybridized carbons (Fsp3) is 0.632. The van der Waals surface area contributed by atoms with Crippen molar-refractivity contribution < 1.29 is 14.3 Å². The zero-order valence-electron chi connectivity index (χ0n) is 15.1. The summed E-state index contributed by atoms with van der Waals surface area (Å²) in [5.74, 6) is 1.16. The van der Waals surface area contributed by atoms with E-state index in [4.69, 9.17) is 9.47 Å². The lowest BCUT2D eigenvalue weighted by atomic mass is 10.1. The van der Waals surface area contributed by atoms with Crippen molar-refractivity contribution in [1.29, 1.82) is 0 Å². The number of nitrogens with zero attached hydrogens (tertiary/aromatic N) is 1. The number of ether oxygens (including phenoxy) is 2. The van der Waals surface area contributed by atoms with Crippen molar-refractivity contribution in [3.05, 3.63) is 29.3 Å². The summed E-state index contributed by atoms with van der Waals surface area (Å²) in [5.41, 5.74) is 2.53. The molecule has 0 spiro atoms. The third kappa shape index (κ3) is 5.59. The van der Waals surface area contributed by atoms with Crippen molar-refractivity contribution in [3.8, 4) is 5.75 Å². The third-order valence-electron chi connectivity index (χ3n) is 5.00. The van der Waals surface area contributed by atoms with Crippen LogP contribution in [0.2, 0.25) is 0 Å². The molecule has 2 fully saturated rings. The summed E-state index contributed by atoms with van der Waals surface area (Å²) in [6.07, 6.45) is 2.52. The number of hydrogen-bond acceptors (Lipinski definition) is 4. The number of halogens is 1. The Balaban J connectivity index is 0.00000225. The lowest BCUT2D eigenvalue weighted by Gasteiger charge is -2.33. The molecule has 1 N–H and O–H groups in total. The van der Waals surface area contributed by atoms with Crippen LogP contribution in [-0.2, 0) is 9.53 Å². The highest BCUT2D eigenvalue weighted by Crippen LogP contribution is 2.22. The van der Waals surface area contributed by atoms with Crippen LogP contribution in [0.1, 0.15) is 30.4 Å². The molecule has 25 heavy (non-hydrogen) atoms. The van der Waals surface area contributed by atoms with E-state index in [1.54, 1.807) is 0 Å². The largest absolute Gasteiger partial charge is 0.490 e. The number of likely N-dealkylation sites (tertiary alicyclic amines) is 1. The second kappa shape index (κ2) is 9.41. The molecule has 1 amide bonds. The third-order valence-corrected chi connectivity index (χ3v) is 5.00. The number of amides is 1. The summed E-state index contributed by atoms with van der Waals surface area (Å²) >= 11 is 0. The van der Waals surface area contributed by atoms with E-state index < -0.39 is 0 Å². The maximum absolute atomic E-state index is 12.4. The van der Waals surface area contributed by atoms with Crippen molar-refractivity contribution >= 4 is 18.3 Å². The average molecular weight is 369 g/mol. The molecule has 1 unspecified atom stereocenters. The molecule has 2 heterocycles. The van der Waals surface area contributed by atoms with Gasteiger partial charge in [0.25, 0.3) is 0 Å². The van der Waals surface area contributed by atoms with E-state index in [2.05, 4.69) is 31.3 Å². The first-order chi connectivity index (χ1) is 11.6. The maximum Gasteiger partial charge on any atom is 0.224 e. The first-order valence-corrected chi connectivity index (χ1v) is 8.94. The molecule has 0 bridgehead atoms. The Bertz CT molecular complexity index is 568. The number of rotatable bonds is 4. The topological polar surface area (TPSA) is 50.8 Å². The molecule has 0 aromatic heterocycles. The first kappa shape index (κ1) is 20.0. The SMILES string of the molecule is Cc1ccc(OC2CCN(C(=O)CC3COCCN3)CC2)cc1C.Cl. The number of aryl methyl sites for hydroxylation is 2. The molecule has 3 rings (SSSR count). The van der Waals surface area contributed by atoms with Gasteiger partial charge in [-0.1, -0.05) is 6.07 Å². The summed E-state index contributed by atoms with van der Waals surface area (Å²) < 4.78 is 11.5. The van der Waals surface area contributed by atoms with Gasteiger partial charge in [-0.05, 0) is 37.1 Å². The quantitative estimate of drug-likeness (QED) is 0.887. The van der Waals surface area contributed by atoms with Crippen molar-refractivity contribution in [3.63, 3.8) is 0 Å². The van der Waals surface area contributed by atoms with Crippen LogP contribution >= 0.6 is 12.4 Å². The molecule has 1 atom stereocenters. The van der Waals surface area contributed by atoms with E-state index in [1.807, 2.05) is 11.0 Å². The number of piperidine rings is 1. The fourth-order valence-electron chi connectivity index (χ4n) is 3.29. The summed E-state index contributed by atoms with van der Waals surface area (Å²) in [4.78, 5) is 14.4. The molecule has 1 aromatic carbocycles. The van der Waals surface area contributed by atoms with Gasteiger partial charge in [0, 0.05) is 44.9 Å². The van der Waals surface area contributed by atoms with E-state index in [0.717, 1.165) is 44.8 Å². The van der Waals surface area contributed by atoms with Gasteiger partial charge in [0.1, 0.15) is 11.9 Å². The Morgan fingerprint density at radius 1 is 1.28 bits per heavy atom. The normalized spacial score (nSPS) is 21.5. The van der Waals surface area contributed by atoms with Crippen LogP contribution in [0.15, 0.2) is 18.2 Å². The maximum atomic E-state index is 12.4. The monoisotopic (exact) mass is 368 g/mol. The number of carbonyl (C=O) groups is 1. The highest BCUT2D eigenvalue weighted by molar-refractivity contribution is 5.85. The van der Waals surface area contributed by atoms with E-state index in [-0.39, 0.29) is 30.5 Å². The first-order valence-electron chi connectivity index (χ1n) is 8.94. The van der Waals surface area contributed by atoms with E-state index >= 15 is 0 Å². The Labute approximate surface area is 156 Å². The van der Waals surface area contributed by atoms with Gasteiger partial charge in [0.15, 0.2) is 0 Å².